The predicted molar refractivity (Wildman–Crippen MR) is 66.5 cm³/mol. The van der Waals surface area contributed by atoms with E-state index in [1.165, 1.54) is 5.56 Å². The van der Waals surface area contributed by atoms with Crippen molar-refractivity contribution in [3.63, 3.8) is 0 Å². The van der Waals surface area contributed by atoms with Crippen LogP contribution in [-0.2, 0) is 0 Å². The Morgan fingerprint density at radius 3 is 2.00 bits per heavy atom. The molecule has 0 spiro atoms. The van der Waals surface area contributed by atoms with Gasteiger partial charge in [-0.05, 0) is 32.4 Å². The fraction of sp³-hybridized carbons (Fsp3) is 0.375. The normalized spacial score (nSPS) is 8.45. The minimum absolute atomic E-state index is 1.10. The lowest BCUT2D eigenvalue weighted by molar-refractivity contribution is 1.09. The van der Waals surface area contributed by atoms with E-state index in [-0.39, 0.29) is 0 Å². The fourth-order valence-electron chi connectivity index (χ4n) is 0.756. The largest absolute Gasteiger partial charge is 0.258 e. The van der Waals surface area contributed by atoms with E-state index < -0.39 is 0 Å². The van der Waals surface area contributed by atoms with Crippen LogP contribution in [0, 0.1) is 20.8 Å². The van der Waals surface area contributed by atoms with E-state index in [1.807, 2.05) is 19.9 Å². The van der Waals surface area contributed by atoms with Crippen LogP contribution in [0.3, 0.4) is 0 Å². The Morgan fingerprint density at radius 1 is 1.09 bits per heavy atom. The van der Waals surface area contributed by atoms with E-state index in [0.29, 0.717) is 0 Å². The third-order valence-corrected chi connectivity index (χ3v) is 1.49. The van der Waals surface area contributed by atoms with Crippen LogP contribution < -0.4 is 0 Å². The molecule has 1 aromatic heterocycles. The SMILES string of the molecule is Cc1ccc(C)c(C)n1.II. The first-order valence-corrected chi connectivity index (χ1v) is 9.54. The van der Waals surface area contributed by atoms with Crippen molar-refractivity contribution in [1.29, 1.82) is 0 Å². The molecule has 0 aliphatic rings. The second-order valence-electron chi connectivity index (χ2n) is 2.35. The number of aryl methyl sites for hydroxylation is 3. The Labute approximate surface area is 91.3 Å². The van der Waals surface area contributed by atoms with Gasteiger partial charge in [0.2, 0.25) is 0 Å². The molecule has 0 radical (unpaired) electrons. The van der Waals surface area contributed by atoms with Gasteiger partial charge in [0.1, 0.15) is 0 Å². The summed E-state index contributed by atoms with van der Waals surface area (Å²) >= 11 is 4.24. The van der Waals surface area contributed by atoms with Crippen molar-refractivity contribution in [3.8, 4) is 0 Å². The third kappa shape index (κ3) is 4.25. The standard InChI is InChI=1S/C8H11N.I2/c1-6-4-5-7(2)9-8(6)3;1-2/h4-5H,1-3H3;. The number of halogens is 2. The Balaban J connectivity index is 0.000000461. The zero-order chi connectivity index (χ0) is 8.85. The van der Waals surface area contributed by atoms with Gasteiger partial charge in [-0.3, -0.25) is 4.98 Å². The molecule has 1 nitrogen and oxygen atoms in total. The number of pyridine rings is 1. The first-order valence-electron chi connectivity index (χ1n) is 3.25. The number of nitrogens with zero attached hydrogens (tertiary/aromatic N) is 1. The second kappa shape index (κ2) is 6.16. The van der Waals surface area contributed by atoms with Crippen molar-refractivity contribution >= 4 is 37.2 Å². The number of hydrogen-bond donors (Lipinski definition) is 0. The first-order chi connectivity index (χ1) is 5.20. The molecule has 0 aliphatic heterocycles. The molecule has 0 saturated carbocycles. The summed E-state index contributed by atoms with van der Waals surface area (Å²) in [6, 6.07) is 4.12. The van der Waals surface area contributed by atoms with Crippen LogP contribution in [0.4, 0.5) is 0 Å². The lowest BCUT2D eigenvalue weighted by Gasteiger charge is -1.97. The van der Waals surface area contributed by atoms with Crippen LogP contribution in [-0.4, -0.2) is 4.98 Å². The molecule has 11 heavy (non-hydrogen) atoms. The minimum Gasteiger partial charge on any atom is -0.258 e. The highest BCUT2D eigenvalue weighted by molar-refractivity contribution is 15.0. The average molecular weight is 375 g/mol. The molecule has 0 bridgehead atoms. The predicted octanol–water partition coefficient (Wildman–Crippen LogP) is 3.78. The molecule has 0 aliphatic carbocycles. The summed E-state index contributed by atoms with van der Waals surface area (Å²) in [6.45, 7) is 6.11. The molecule has 0 saturated heterocycles. The molecule has 3 heteroatoms. The van der Waals surface area contributed by atoms with Crippen LogP contribution in [0.25, 0.3) is 0 Å². The lowest BCUT2D eigenvalue weighted by Crippen LogP contribution is -1.87. The molecule has 0 fully saturated rings. The van der Waals surface area contributed by atoms with Crippen molar-refractivity contribution in [2.75, 3.05) is 0 Å². The fourth-order valence-corrected chi connectivity index (χ4v) is 0.756. The highest BCUT2D eigenvalue weighted by atomic mass is 128. The van der Waals surface area contributed by atoms with Gasteiger partial charge in [0.25, 0.3) is 0 Å². The molecule has 0 aromatic carbocycles. The third-order valence-electron chi connectivity index (χ3n) is 1.49. The van der Waals surface area contributed by atoms with Gasteiger partial charge < -0.3 is 0 Å². The summed E-state index contributed by atoms with van der Waals surface area (Å²) in [4.78, 5) is 4.27. The molecule has 0 unspecified atom stereocenters. The van der Waals surface area contributed by atoms with Crippen molar-refractivity contribution < 1.29 is 0 Å². The van der Waals surface area contributed by atoms with Gasteiger partial charge in [0.05, 0.1) is 0 Å². The van der Waals surface area contributed by atoms with Gasteiger partial charge in [-0.15, -0.1) is 0 Å². The zero-order valence-electron chi connectivity index (χ0n) is 6.86. The lowest BCUT2D eigenvalue weighted by atomic mass is 10.2. The highest BCUT2D eigenvalue weighted by Crippen LogP contribution is 2.02. The summed E-state index contributed by atoms with van der Waals surface area (Å²) < 4.78 is 0. The van der Waals surface area contributed by atoms with Gasteiger partial charge in [0, 0.05) is 48.6 Å². The summed E-state index contributed by atoms with van der Waals surface area (Å²) in [6.07, 6.45) is 0. The molecule has 62 valence electrons. The minimum atomic E-state index is 1.10. The van der Waals surface area contributed by atoms with Crippen LogP contribution in [0.5, 0.6) is 0 Å². The summed E-state index contributed by atoms with van der Waals surface area (Å²) in [5.74, 6) is 0. The Bertz CT molecular complexity index is 223. The number of rotatable bonds is 0. The van der Waals surface area contributed by atoms with Crippen molar-refractivity contribution in [2.45, 2.75) is 20.8 Å². The van der Waals surface area contributed by atoms with Gasteiger partial charge >= 0.3 is 0 Å². The van der Waals surface area contributed by atoms with Crippen molar-refractivity contribution in [1.82, 2.24) is 4.98 Å². The van der Waals surface area contributed by atoms with Gasteiger partial charge in [-0.2, -0.15) is 0 Å². The van der Waals surface area contributed by atoms with Crippen molar-refractivity contribution in [2.24, 2.45) is 0 Å². The smallest absolute Gasteiger partial charge is 0.0404 e. The highest BCUT2D eigenvalue weighted by Gasteiger charge is 1.90. The van der Waals surface area contributed by atoms with Gasteiger partial charge in [-0.25, -0.2) is 0 Å². The molecule has 0 atom stereocenters. The monoisotopic (exact) mass is 375 g/mol. The Hall–Kier alpha value is 0.610. The topological polar surface area (TPSA) is 12.9 Å². The molecule has 1 aromatic rings. The Morgan fingerprint density at radius 2 is 1.64 bits per heavy atom. The van der Waals surface area contributed by atoms with Crippen LogP contribution in [0.15, 0.2) is 12.1 Å². The Kier molecular flexibility index (Phi) is 6.50. The van der Waals surface area contributed by atoms with Crippen LogP contribution in [0.1, 0.15) is 17.0 Å². The maximum Gasteiger partial charge on any atom is 0.0404 e. The number of aromatic nitrogens is 1. The maximum absolute atomic E-state index is 4.27. The summed E-state index contributed by atoms with van der Waals surface area (Å²) in [7, 11) is 0. The van der Waals surface area contributed by atoms with E-state index in [9.17, 15) is 0 Å². The van der Waals surface area contributed by atoms with E-state index in [0.717, 1.165) is 11.4 Å². The van der Waals surface area contributed by atoms with E-state index >= 15 is 0 Å². The summed E-state index contributed by atoms with van der Waals surface area (Å²) in [5, 5.41) is 0. The van der Waals surface area contributed by atoms with E-state index in [4.69, 9.17) is 0 Å². The zero-order valence-corrected chi connectivity index (χ0v) is 11.2. The summed E-state index contributed by atoms with van der Waals surface area (Å²) in [5.41, 5.74) is 3.49. The quantitative estimate of drug-likeness (QED) is 0.630. The van der Waals surface area contributed by atoms with Crippen LogP contribution in [0.2, 0.25) is 0 Å². The number of hydrogen-bond acceptors (Lipinski definition) is 1. The molecule has 0 amide bonds. The van der Waals surface area contributed by atoms with Crippen LogP contribution >= 0.6 is 37.2 Å². The van der Waals surface area contributed by atoms with Gasteiger partial charge in [-0.1, -0.05) is 6.07 Å². The maximum atomic E-state index is 4.27. The van der Waals surface area contributed by atoms with E-state index in [2.05, 4.69) is 55.2 Å². The molecular formula is C8H11I2N. The molecule has 1 rings (SSSR count). The molecule has 1 heterocycles. The first kappa shape index (κ1) is 11.6. The van der Waals surface area contributed by atoms with Crippen molar-refractivity contribution in [3.05, 3.63) is 29.1 Å². The molecular weight excluding hydrogens is 364 g/mol. The molecule has 0 N–H and O–H groups in total. The van der Waals surface area contributed by atoms with Gasteiger partial charge in [0.15, 0.2) is 0 Å². The second-order valence-corrected chi connectivity index (χ2v) is 2.35. The average Bonchev–Trinajstić information content (AvgIpc) is 2.02. The van der Waals surface area contributed by atoms with E-state index in [1.54, 1.807) is 0 Å².